The van der Waals surface area contributed by atoms with E-state index in [-0.39, 0.29) is 5.56 Å². The van der Waals surface area contributed by atoms with Crippen molar-refractivity contribution in [2.75, 3.05) is 12.4 Å². The molecule has 0 amide bonds. The van der Waals surface area contributed by atoms with Gasteiger partial charge in [-0.25, -0.2) is 4.39 Å². The molecule has 0 spiro atoms. The highest BCUT2D eigenvalue weighted by Gasteiger charge is 1.98. The summed E-state index contributed by atoms with van der Waals surface area (Å²) in [6.45, 7) is 6.58. The SMILES string of the molecule is CC/C(C)=C(\C)c1ccc(NC)cc1.O=Cc1ccncc1F. The van der Waals surface area contributed by atoms with Crippen molar-refractivity contribution in [3.63, 3.8) is 0 Å². The fraction of sp³-hybridized carbons (Fsp3) is 0.263. The Morgan fingerprint density at radius 1 is 1.22 bits per heavy atom. The first-order valence-electron chi connectivity index (χ1n) is 7.52. The maximum absolute atomic E-state index is 12.3. The molecule has 4 heteroatoms. The minimum atomic E-state index is -0.576. The number of carbonyl (C=O) groups is 1. The van der Waals surface area contributed by atoms with E-state index >= 15 is 0 Å². The van der Waals surface area contributed by atoms with Crippen LogP contribution in [-0.2, 0) is 0 Å². The molecule has 0 saturated heterocycles. The van der Waals surface area contributed by atoms with Crippen LogP contribution >= 0.6 is 0 Å². The Bertz CT molecular complexity index is 663. The van der Waals surface area contributed by atoms with Crippen molar-refractivity contribution >= 4 is 17.5 Å². The van der Waals surface area contributed by atoms with Crippen molar-refractivity contribution in [1.82, 2.24) is 4.98 Å². The molecule has 0 radical (unpaired) electrons. The number of allylic oxidation sites excluding steroid dienone is 2. The quantitative estimate of drug-likeness (QED) is 0.811. The number of halogens is 1. The molecule has 3 nitrogen and oxygen atoms in total. The second kappa shape index (κ2) is 9.51. The zero-order valence-electron chi connectivity index (χ0n) is 14.1. The number of rotatable bonds is 4. The molecule has 0 unspecified atom stereocenters. The molecule has 1 aromatic heterocycles. The average Bonchev–Trinajstić information content (AvgIpc) is 2.61. The van der Waals surface area contributed by atoms with E-state index in [9.17, 15) is 9.18 Å². The Labute approximate surface area is 137 Å². The maximum atomic E-state index is 12.3. The van der Waals surface area contributed by atoms with Crippen molar-refractivity contribution < 1.29 is 9.18 Å². The van der Waals surface area contributed by atoms with Gasteiger partial charge in [0, 0.05) is 18.9 Å². The van der Waals surface area contributed by atoms with Gasteiger partial charge in [0.15, 0.2) is 12.1 Å². The van der Waals surface area contributed by atoms with Crippen molar-refractivity contribution in [3.8, 4) is 0 Å². The molecule has 1 N–H and O–H groups in total. The number of benzene rings is 1. The highest BCUT2D eigenvalue weighted by atomic mass is 19.1. The molecule has 0 bridgehead atoms. The van der Waals surface area contributed by atoms with Gasteiger partial charge in [-0.05, 0) is 49.6 Å². The average molecular weight is 314 g/mol. The van der Waals surface area contributed by atoms with Crippen LogP contribution in [0, 0.1) is 5.82 Å². The summed E-state index contributed by atoms with van der Waals surface area (Å²) in [5, 5.41) is 3.12. The summed E-state index contributed by atoms with van der Waals surface area (Å²) in [7, 11) is 1.94. The molecule has 1 heterocycles. The Balaban J connectivity index is 0.000000253. The van der Waals surface area contributed by atoms with Gasteiger partial charge in [-0.1, -0.05) is 24.6 Å². The minimum Gasteiger partial charge on any atom is -0.388 e. The molecule has 0 atom stereocenters. The van der Waals surface area contributed by atoms with E-state index in [1.165, 1.54) is 29.0 Å². The van der Waals surface area contributed by atoms with Crippen molar-refractivity contribution in [3.05, 3.63) is 65.2 Å². The lowest BCUT2D eigenvalue weighted by molar-refractivity contribution is 0.111. The van der Waals surface area contributed by atoms with E-state index in [0.29, 0.717) is 6.29 Å². The summed E-state index contributed by atoms with van der Waals surface area (Å²) in [4.78, 5) is 13.4. The fourth-order valence-electron chi connectivity index (χ4n) is 1.88. The van der Waals surface area contributed by atoms with Gasteiger partial charge in [0.1, 0.15) is 0 Å². The van der Waals surface area contributed by atoms with Crippen molar-refractivity contribution in [2.45, 2.75) is 27.2 Å². The van der Waals surface area contributed by atoms with Crippen LogP contribution in [0.4, 0.5) is 10.1 Å². The van der Waals surface area contributed by atoms with Gasteiger partial charge in [-0.3, -0.25) is 9.78 Å². The first-order chi connectivity index (χ1) is 11.0. The Morgan fingerprint density at radius 3 is 2.30 bits per heavy atom. The molecule has 0 saturated carbocycles. The standard InChI is InChI=1S/C13H19N.C6H4FNO/c1-5-10(2)11(3)12-6-8-13(14-4)9-7-12;7-6-3-8-2-1-5(6)4-9/h6-9,14H,5H2,1-4H3;1-4H/b11-10+;. The third-order valence-corrected chi connectivity index (χ3v) is 3.71. The number of hydrogen-bond acceptors (Lipinski definition) is 3. The van der Waals surface area contributed by atoms with E-state index in [0.717, 1.165) is 18.3 Å². The topological polar surface area (TPSA) is 42.0 Å². The lowest BCUT2D eigenvalue weighted by atomic mass is 10.0. The first kappa shape index (κ1) is 18.6. The van der Waals surface area contributed by atoms with Crippen LogP contribution in [0.1, 0.15) is 43.1 Å². The van der Waals surface area contributed by atoms with Crippen molar-refractivity contribution in [1.29, 1.82) is 0 Å². The van der Waals surface area contributed by atoms with Gasteiger partial charge in [0.05, 0.1) is 11.8 Å². The minimum absolute atomic E-state index is 0.0463. The molecule has 2 aromatic rings. The van der Waals surface area contributed by atoms with Crippen LogP contribution in [0.25, 0.3) is 5.57 Å². The highest BCUT2D eigenvalue weighted by molar-refractivity contribution is 5.74. The molecule has 23 heavy (non-hydrogen) atoms. The second-order valence-electron chi connectivity index (χ2n) is 5.10. The third kappa shape index (κ3) is 5.66. The predicted molar refractivity (Wildman–Crippen MR) is 94.1 cm³/mol. The number of carbonyl (C=O) groups excluding carboxylic acids is 1. The van der Waals surface area contributed by atoms with Crippen LogP contribution < -0.4 is 5.32 Å². The normalized spacial score (nSPS) is 11.0. The molecule has 122 valence electrons. The van der Waals surface area contributed by atoms with Crippen LogP contribution in [0.3, 0.4) is 0 Å². The first-order valence-corrected chi connectivity index (χ1v) is 7.52. The van der Waals surface area contributed by atoms with Gasteiger partial charge in [-0.15, -0.1) is 0 Å². The largest absolute Gasteiger partial charge is 0.388 e. The fourth-order valence-corrected chi connectivity index (χ4v) is 1.88. The molecule has 1 aromatic carbocycles. The smallest absolute Gasteiger partial charge is 0.153 e. The second-order valence-corrected chi connectivity index (χ2v) is 5.10. The number of pyridine rings is 1. The highest BCUT2D eigenvalue weighted by Crippen LogP contribution is 2.21. The van der Waals surface area contributed by atoms with Gasteiger partial charge >= 0.3 is 0 Å². The van der Waals surface area contributed by atoms with Gasteiger partial charge in [-0.2, -0.15) is 0 Å². The summed E-state index contributed by atoms with van der Waals surface area (Å²) < 4.78 is 12.3. The van der Waals surface area contributed by atoms with Gasteiger partial charge in [0.25, 0.3) is 0 Å². The summed E-state index contributed by atoms with van der Waals surface area (Å²) >= 11 is 0. The third-order valence-electron chi connectivity index (χ3n) is 3.71. The van der Waals surface area contributed by atoms with Crippen molar-refractivity contribution in [2.24, 2.45) is 0 Å². The van der Waals surface area contributed by atoms with E-state index in [1.54, 1.807) is 0 Å². The van der Waals surface area contributed by atoms with Crippen LogP contribution in [-0.4, -0.2) is 18.3 Å². The summed E-state index contributed by atoms with van der Waals surface area (Å²) in [6, 6.07) is 9.88. The van der Waals surface area contributed by atoms with E-state index in [4.69, 9.17) is 0 Å². The Kier molecular flexibility index (Phi) is 7.67. The molecular weight excluding hydrogens is 291 g/mol. The zero-order valence-corrected chi connectivity index (χ0v) is 14.1. The van der Waals surface area contributed by atoms with Crippen LogP contribution in [0.2, 0.25) is 0 Å². The van der Waals surface area contributed by atoms with E-state index in [1.807, 2.05) is 7.05 Å². The van der Waals surface area contributed by atoms with Gasteiger partial charge < -0.3 is 5.32 Å². The number of aromatic nitrogens is 1. The van der Waals surface area contributed by atoms with E-state index < -0.39 is 5.82 Å². The number of nitrogens with one attached hydrogen (secondary N) is 1. The lowest BCUT2D eigenvalue weighted by Crippen LogP contribution is -1.89. The summed E-state index contributed by atoms with van der Waals surface area (Å²) in [5.41, 5.74) is 5.39. The van der Waals surface area contributed by atoms with Crippen LogP contribution in [0.15, 0.2) is 48.3 Å². The predicted octanol–water partition coefficient (Wildman–Crippen LogP) is 4.96. The molecule has 0 fully saturated rings. The number of nitrogens with zero attached hydrogens (tertiary/aromatic N) is 1. The molecule has 2 rings (SSSR count). The number of anilines is 1. The molecular formula is C19H23FN2O. The van der Waals surface area contributed by atoms with Crippen LogP contribution in [0.5, 0.6) is 0 Å². The van der Waals surface area contributed by atoms with Gasteiger partial charge in [0.2, 0.25) is 0 Å². The molecule has 0 aliphatic heterocycles. The zero-order chi connectivity index (χ0) is 17.2. The summed E-state index contributed by atoms with van der Waals surface area (Å²) in [5.74, 6) is -0.576. The maximum Gasteiger partial charge on any atom is 0.153 e. The lowest BCUT2D eigenvalue weighted by Gasteiger charge is -2.07. The Hall–Kier alpha value is -2.49. The molecule has 0 aliphatic rings. The summed E-state index contributed by atoms with van der Waals surface area (Å²) in [6.07, 6.45) is 3.95. The molecule has 0 aliphatic carbocycles. The number of aldehydes is 1. The monoisotopic (exact) mass is 314 g/mol. The Morgan fingerprint density at radius 2 is 1.87 bits per heavy atom. The number of hydrogen-bond donors (Lipinski definition) is 1. The van der Waals surface area contributed by atoms with E-state index in [2.05, 4.69) is 55.3 Å².